The normalized spacial score (nSPS) is 12.6. The van der Waals surface area contributed by atoms with Gasteiger partial charge < -0.3 is 10.5 Å². The van der Waals surface area contributed by atoms with Crippen molar-refractivity contribution in [3.05, 3.63) is 33.8 Å². The number of rotatable bonds is 3. The third-order valence-corrected chi connectivity index (χ3v) is 3.64. The molecule has 0 aliphatic rings. The van der Waals surface area contributed by atoms with Crippen LogP contribution in [0.15, 0.2) is 18.2 Å². The van der Waals surface area contributed by atoms with E-state index in [4.69, 9.17) is 33.7 Å². The van der Waals surface area contributed by atoms with E-state index in [0.29, 0.717) is 15.6 Å². The van der Waals surface area contributed by atoms with E-state index in [1.54, 1.807) is 32.0 Å². The molecule has 0 aliphatic carbocycles. The summed E-state index contributed by atoms with van der Waals surface area (Å²) >= 11 is 12.0. The molecule has 0 spiro atoms. The van der Waals surface area contributed by atoms with E-state index < -0.39 is 11.5 Å². The number of hydrogen-bond acceptors (Lipinski definition) is 3. The van der Waals surface area contributed by atoms with E-state index in [1.807, 2.05) is 0 Å². The van der Waals surface area contributed by atoms with Crippen LogP contribution in [0.4, 0.5) is 0 Å². The van der Waals surface area contributed by atoms with Gasteiger partial charge in [-0.1, -0.05) is 35.3 Å². The van der Waals surface area contributed by atoms with Gasteiger partial charge in [0, 0.05) is 6.04 Å². The summed E-state index contributed by atoms with van der Waals surface area (Å²) in [7, 11) is 1.33. The topological polar surface area (TPSA) is 52.3 Å². The summed E-state index contributed by atoms with van der Waals surface area (Å²) in [5.74, 6) is -0.388. The maximum atomic E-state index is 11.7. The average Bonchev–Trinajstić information content (AvgIpc) is 2.30. The molecule has 6 heteroatoms. The number of esters is 1. The van der Waals surface area contributed by atoms with Gasteiger partial charge in [-0.3, -0.25) is 4.79 Å². The maximum absolute atomic E-state index is 11.7. The van der Waals surface area contributed by atoms with Crippen LogP contribution in [0.3, 0.4) is 0 Å². The van der Waals surface area contributed by atoms with E-state index in [1.165, 1.54) is 7.11 Å². The monoisotopic (exact) mass is 311 g/mol. The third kappa shape index (κ3) is 3.29. The number of carbonyl (C=O) groups is 1. The Kier molecular flexibility index (Phi) is 6.44. The molecule has 0 aliphatic heterocycles. The van der Waals surface area contributed by atoms with Crippen molar-refractivity contribution in [1.29, 1.82) is 0 Å². The zero-order chi connectivity index (χ0) is 13.2. The number of carbonyl (C=O) groups excluding carboxylic acids is 1. The lowest BCUT2D eigenvalue weighted by molar-refractivity contribution is -0.152. The standard InChI is InChI=1S/C12H15Cl2NO2.ClH/c1-12(2,11(16)17-3)10(15)7-5-4-6-8(13)9(7)14;/h4-6,10H,15H2,1-3H3;1H/t10-;/m0./s1. The Morgan fingerprint density at radius 2 is 1.94 bits per heavy atom. The minimum atomic E-state index is -0.872. The van der Waals surface area contributed by atoms with Crippen molar-refractivity contribution in [3.8, 4) is 0 Å². The third-order valence-electron chi connectivity index (χ3n) is 2.81. The lowest BCUT2D eigenvalue weighted by Crippen LogP contribution is -2.37. The molecule has 0 amide bonds. The van der Waals surface area contributed by atoms with Crippen LogP contribution in [0, 0.1) is 5.41 Å². The molecule has 0 aromatic heterocycles. The predicted octanol–water partition coefficient (Wildman–Crippen LogP) is 3.61. The molecule has 0 bridgehead atoms. The molecule has 3 nitrogen and oxygen atoms in total. The first-order valence-corrected chi connectivity index (χ1v) is 5.86. The van der Waals surface area contributed by atoms with Gasteiger partial charge in [0.25, 0.3) is 0 Å². The van der Waals surface area contributed by atoms with Crippen molar-refractivity contribution in [2.24, 2.45) is 11.1 Å². The average molecular weight is 313 g/mol. The van der Waals surface area contributed by atoms with E-state index >= 15 is 0 Å². The summed E-state index contributed by atoms with van der Waals surface area (Å²) in [5, 5.41) is 0.791. The van der Waals surface area contributed by atoms with E-state index in [9.17, 15) is 4.79 Å². The molecule has 0 saturated heterocycles. The van der Waals surface area contributed by atoms with Crippen LogP contribution in [0.1, 0.15) is 25.5 Å². The highest BCUT2D eigenvalue weighted by molar-refractivity contribution is 6.42. The molecule has 1 aromatic carbocycles. The Bertz CT molecular complexity index is 435. The van der Waals surface area contributed by atoms with Crippen LogP contribution >= 0.6 is 35.6 Å². The first-order chi connectivity index (χ1) is 7.82. The number of ether oxygens (including phenoxy) is 1. The van der Waals surface area contributed by atoms with Crippen LogP contribution < -0.4 is 5.73 Å². The predicted molar refractivity (Wildman–Crippen MR) is 76.4 cm³/mol. The molecule has 0 fully saturated rings. The Morgan fingerprint density at radius 1 is 1.39 bits per heavy atom. The number of methoxy groups -OCH3 is 1. The van der Waals surface area contributed by atoms with Gasteiger partial charge in [-0.15, -0.1) is 12.4 Å². The summed E-state index contributed by atoms with van der Waals surface area (Å²) in [6.45, 7) is 3.42. The van der Waals surface area contributed by atoms with Crippen LogP contribution in [-0.4, -0.2) is 13.1 Å². The zero-order valence-corrected chi connectivity index (χ0v) is 12.7. The van der Waals surface area contributed by atoms with E-state index in [0.717, 1.165) is 0 Å². The summed E-state index contributed by atoms with van der Waals surface area (Å²) in [4.78, 5) is 11.7. The second-order valence-corrected chi connectivity index (χ2v) is 5.12. The fourth-order valence-corrected chi connectivity index (χ4v) is 1.96. The fourth-order valence-electron chi connectivity index (χ4n) is 1.54. The minimum absolute atomic E-state index is 0. The molecule has 18 heavy (non-hydrogen) atoms. The molecule has 0 unspecified atom stereocenters. The van der Waals surface area contributed by atoms with Crippen LogP contribution in [0.25, 0.3) is 0 Å². The Morgan fingerprint density at radius 3 is 2.44 bits per heavy atom. The zero-order valence-electron chi connectivity index (χ0n) is 10.4. The second-order valence-electron chi connectivity index (χ2n) is 4.33. The molecule has 1 rings (SSSR count). The van der Waals surface area contributed by atoms with Crippen molar-refractivity contribution in [3.63, 3.8) is 0 Å². The quantitative estimate of drug-likeness (QED) is 0.867. The van der Waals surface area contributed by atoms with Crippen molar-refractivity contribution >= 4 is 41.6 Å². The molecule has 1 aromatic rings. The first-order valence-electron chi connectivity index (χ1n) is 5.10. The number of nitrogens with two attached hydrogens (primary N) is 1. The van der Waals surface area contributed by atoms with Gasteiger partial charge >= 0.3 is 5.97 Å². The van der Waals surface area contributed by atoms with Crippen LogP contribution in [-0.2, 0) is 9.53 Å². The molecule has 0 radical (unpaired) electrons. The summed E-state index contributed by atoms with van der Waals surface area (Å²) in [6.07, 6.45) is 0. The fraction of sp³-hybridized carbons (Fsp3) is 0.417. The molecule has 0 heterocycles. The SMILES string of the molecule is COC(=O)C(C)(C)[C@@H](N)c1cccc(Cl)c1Cl.Cl. The van der Waals surface area contributed by atoms with Gasteiger partial charge in [0.2, 0.25) is 0 Å². The Labute approximate surface area is 123 Å². The van der Waals surface area contributed by atoms with E-state index in [2.05, 4.69) is 0 Å². The van der Waals surface area contributed by atoms with E-state index in [-0.39, 0.29) is 18.4 Å². The van der Waals surface area contributed by atoms with Crippen molar-refractivity contribution in [1.82, 2.24) is 0 Å². The summed E-state index contributed by atoms with van der Waals surface area (Å²) in [5.41, 5.74) is 5.84. The molecule has 102 valence electrons. The van der Waals surface area contributed by atoms with Crippen molar-refractivity contribution in [2.75, 3.05) is 7.11 Å². The number of halogens is 3. The molecule has 0 saturated carbocycles. The molecular formula is C12H16Cl3NO2. The highest BCUT2D eigenvalue weighted by Gasteiger charge is 2.37. The highest BCUT2D eigenvalue weighted by Crippen LogP contribution is 2.38. The molecule has 1 atom stereocenters. The van der Waals surface area contributed by atoms with Crippen molar-refractivity contribution < 1.29 is 9.53 Å². The molecule has 2 N–H and O–H groups in total. The Balaban J connectivity index is 0.00000289. The van der Waals surface area contributed by atoms with Crippen LogP contribution in [0.2, 0.25) is 10.0 Å². The van der Waals surface area contributed by atoms with Gasteiger partial charge in [0.15, 0.2) is 0 Å². The van der Waals surface area contributed by atoms with Gasteiger partial charge in [0.05, 0.1) is 22.6 Å². The van der Waals surface area contributed by atoms with Gasteiger partial charge in [-0.25, -0.2) is 0 Å². The van der Waals surface area contributed by atoms with Crippen LogP contribution in [0.5, 0.6) is 0 Å². The Hall–Kier alpha value is -0.480. The van der Waals surface area contributed by atoms with Gasteiger partial charge in [-0.2, -0.15) is 0 Å². The lowest BCUT2D eigenvalue weighted by Gasteiger charge is -2.29. The largest absolute Gasteiger partial charge is 0.469 e. The number of benzene rings is 1. The lowest BCUT2D eigenvalue weighted by atomic mass is 9.81. The maximum Gasteiger partial charge on any atom is 0.313 e. The molecular weight excluding hydrogens is 296 g/mol. The highest BCUT2D eigenvalue weighted by atomic mass is 35.5. The summed E-state index contributed by atoms with van der Waals surface area (Å²) < 4.78 is 4.73. The smallest absolute Gasteiger partial charge is 0.313 e. The van der Waals surface area contributed by atoms with Gasteiger partial charge in [-0.05, 0) is 25.5 Å². The minimum Gasteiger partial charge on any atom is -0.469 e. The van der Waals surface area contributed by atoms with Crippen molar-refractivity contribution in [2.45, 2.75) is 19.9 Å². The number of hydrogen-bond donors (Lipinski definition) is 1. The first kappa shape index (κ1) is 17.5. The van der Waals surface area contributed by atoms with Gasteiger partial charge in [0.1, 0.15) is 0 Å². The second kappa shape index (κ2) is 6.62. The summed E-state index contributed by atoms with van der Waals surface area (Å²) in [6, 6.07) is 4.59.